The van der Waals surface area contributed by atoms with Gasteiger partial charge in [-0.15, -0.1) is 11.3 Å². The number of hydrogen-bond acceptors (Lipinski definition) is 4. The van der Waals surface area contributed by atoms with Gasteiger partial charge in [-0.05, 0) is 78.4 Å². The number of thiophene rings is 1. The smallest absolute Gasteiger partial charge is 0.303 e. The molecule has 1 fully saturated rings. The highest BCUT2D eigenvalue weighted by Crippen LogP contribution is 2.40. The highest BCUT2D eigenvalue weighted by molar-refractivity contribution is 9.10. The molecule has 6 heteroatoms. The zero-order chi connectivity index (χ0) is 20.7. The zero-order valence-corrected chi connectivity index (χ0v) is 18.8. The Balaban J connectivity index is 1.89. The van der Waals surface area contributed by atoms with E-state index < -0.39 is 5.97 Å². The molecule has 4 nitrogen and oxygen atoms in total. The van der Waals surface area contributed by atoms with Crippen LogP contribution in [0.15, 0.2) is 34.8 Å². The number of rotatable bonds is 10. The van der Waals surface area contributed by atoms with E-state index in [0.717, 1.165) is 28.6 Å². The molecule has 1 aromatic rings. The van der Waals surface area contributed by atoms with Gasteiger partial charge in [-0.1, -0.05) is 25.2 Å². The monoisotopic (exact) mass is 468 g/mol. The molecular weight excluding hydrogens is 440 g/mol. The summed E-state index contributed by atoms with van der Waals surface area (Å²) in [6, 6.07) is 2.01. The van der Waals surface area contributed by atoms with Crippen LogP contribution in [0.1, 0.15) is 48.8 Å². The Kier molecular flexibility index (Phi) is 9.12. The zero-order valence-electron chi connectivity index (χ0n) is 16.4. The number of aliphatic hydroxyl groups is 1. The van der Waals surface area contributed by atoms with E-state index in [4.69, 9.17) is 5.11 Å². The van der Waals surface area contributed by atoms with E-state index in [-0.39, 0.29) is 30.1 Å². The average molecular weight is 469 g/mol. The lowest BCUT2D eigenvalue weighted by Gasteiger charge is -2.19. The van der Waals surface area contributed by atoms with Crippen molar-refractivity contribution in [3.8, 4) is 0 Å². The molecule has 1 unspecified atom stereocenters. The molecule has 0 saturated heterocycles. The van der Waals surface area contributed by atoms with Crippen molar-refractivity contribution in [1.29, 1.82) is 0 Å². The minimum atomic E-state index is -0.770. The summed E-state index contributed by atoms with van der Waals surface area (Å²) in [5.41, 5.74) is 0. The Morgan fingerprint density at radius 2 is 2.11 bits per heavy atom. The molecule has 0 aliphatic heterocycles. The van der Waals surface area contributed by atoms with Crippen LogP contribution in [0.25, 0.3) is 0 Å². The van der Waals surface area contributed by atoms with Crippen LogP contribution in [0.2, 0.25) is 0 Å². The summed E-state index contributed by atoms with van der Waals surface area (Å²) in [5, 5.41) is 19.1. The molecule has 0 radical (unpaired) electrons. The number of unbranched alkanes of at least 4 members (excludes halogenated alkanes) is 1. The molecule has 0 amide bonds. The average Bonchev–Trinajstić information content (AvgIpc) is 3.06. The topological polar surface area (TPSA) is 74.6 Å². The van der Waals surface area contributed by atoms with E-state index in [1.165, 1.54) is 4.88 Å². The summed E-state index contributed by atoms with van der Waals surface area (Å²) < 4.78 is 1.05. The number of aliphatic carboxylic acids is 1. The fraction of sp³-hybridized carbons (Fsp3) is 0.545. The molecule has 0 spiro atoms. The lowest BCUT2D eigenvalue weighted by Crippen LogP contribution is -2.18. The summed E-state index contributed by atoms with van der Waals surface area (Å²) >= 11 is 5.12. The molecule has 0 aromatic carbocycles. The molecule has 1 heterocycles. The molecule has 1 saturated carbocycles. The normalized spacial score (nSPS) is 25.1. The second-order valence-electron chi connectivity index (χ2n) is 7.63. The van der Waals surface area contributed by atoms with E-state index in [1.807, 2.05) is 31.2 Å². The molecule has 2 N–H and O–H groups in total. The predicted molar refractivity (Wildman–Crippen MR) is 117 cm³/mol. The Morgan fingerprint density at radius 1 is 1.36 bits per heavy atom. The van der Waals surface area contributed by atoms with Crippen molar-refractivity contribution in [2.75, 3.05) is 0 Å². The second kappa shape index (κ2) is 11.1. The van der Waals surface area contributed by atoms with Gasteiger partial charge in [0.1, 0.15) is 0 Å². The van der Waals surface area contributed by atoms with Crippen molar-refractivity contribution < 1.29 is 19.8 Å². The first-order valence-electron chi connectivity index (χ1n) is 9.78. The van der Waals surface area contributed by atoms with Crippen LogP contribution in [-0.4, -0.2) is 28.1 Å². The number of ketones is 1. The first kappa shape index (κ1) is 23.0. The largest absolute Gasteiger partial charge is 0.481 e. The Morgan fingerprint density at radius 3 is 2.75 bits per heavy atom. The minimum absolute atomic E-state index is 0.0882. The third-order valence-electron chi connectivity index (χ3n) is 5.36. The van der Waals surface area contributed by atoms with Crippen molar-refractivity contribution in [3.63, 3.8) is 0 Å². The lowest BCUT2D eigenvalue weighted by atomic mass is 9.87. The number of aliphatic hydroxyl groups excluding tert-OH is 1. The highest BCUT2D eigenvalue weighted by atomic mass is 79.9. The van der Waals surface area contributed by atoms with Crippen LogP contribution in [0.5, 0.6) is 0 Å². The maximum Gasteiger partial charge on any atom is 0.303 e. The summed E-state index contributed by atoms with van der Waals surface area (Å²) in [6.45, 7) is 4.15. The molecule has 28 heavy (non-hydrogen) atoms. The van der Waals surface area contributed by atoms with E-state index in [0.29, 0.717) is 18.8 Å². The molecule has 1 aliphatic carbocycles. The van der Waals surface area contributed by atoms with Gasteiger partial charge in [-0.3, -0.25) is 9.59 Å². The van der Waals surface area contributed by atoms with E-state index in [1.54, 1.807) is 17.4 Å². The fourth-order valence-electron chi connectivity index (χ4n) is 3.83. The SMILES string of the molecule is Cc1sc(CC(=O)/C=C/[C@H]2[C@H](C)CC(O)[C@@H]2C/C=C\CCCC(=O)O)cc1Br. The summed E-state index contributed by atoms with van der Waals surface area (Å²) in [6.07, 6.45) is 10.8. The molecule has 4 atom stereocenters. The summed E-state index contributed by atoms with van der Waals surface area (Å²) in [7, 11) is 0. The van der Waals surface area contributed by atoms with Crippen LogP contribution >= 0.6 is 27.3 Å². The number of carboxylic acids is 1. The van der Waals surface area contributed by atoms with Gasteiger partial charge in [0.05, 0.1) is 6.10 Å². The molecule has 2 rings (SSSR count). The van der Waals surface area contributed by atoms with E-state index in [2.05, 4.69) is 22.9 Å². The van der Waals surface area contributed by atoms with Crippen molar-refractivity contribution in [1.82, 2.24) is 0 Å². The van der Waals surface area contributed by atoms with Gasteiger partial charge in [-0.2, -0.15) is 0 Å². The van der Waals surface area contributed by atoms with Crippen LogP contribution < -0.4 is 0 Å². The maximum absolute atomic E-state index is 12.4. The summed E-state index contributed by atoms with van der Waals surface area (Å²) in [5.74, 6) is -0.0615. The first-order valence-corrected chi connectivity index (χ1v) is 11.4. The van der Waals surface area contributed by atoms with Crippen molar-refractivity contribution >= 4 is 39.0 Å². The number of allylic oxidation sites excluding steroid dienone is 4. The van der Waals surface area contributed by atoms with Crippen molar-refractivity contribution in [3.05, 3.63) is 44.6 Å². The standard InChI is InChI=1S/C22H29BrO4S/c1-14-11-21(25)19(7-5-3-4-6-8-22(26)27)18(14)10-9-16(24)12-17-13-20(23)15(2)28-17/h3,5,9-10,13-14,18-19,21,25H,4,6-8,11-12H2,1-2H3,(H,26,27)/b5-3-,10-9+/t14-,18+,19-,21?/m1/s1. The lowest BCUT2D eigenvalue weighted by molar-refractivity contribution is -0.137. The van der Waals surface area contributed by atoms with Gasteiger partial charge in [0, 0.05) is 27.1 Å². The van der Waals surface area contributed by atoms with Crippen molar-refractivity contribution in [2.24, 2.45) is 17.8 Å². The Labute approximate surface area is 179 Å². The van der Waals surface area contributed by atoms with Crippen LogP contribution in [-0.2, 0) is 16.0 Å². The maximum atomic E-state index is 12.4. The predicted octanol–water partition coefficient (Wildman–Crippen LogP) is 5.32. The van der Waals surface area contributed by atoms with Gasteiger partial charge in [0.15, 0.2) is 5.78 Å². The number of aryl methyl sites for hydroxylation is 1. The van der Waals surface area contributed by atoms with Gasteiger partial charge < -0.3 is 10.2 Å². The van der Waals surface area contributed by atoms with Gasteiger partial charge in [0.25, 0.3) is 0 Å². The fourth-order valence-corrected chi connectivity index (χ4v) is 5.45. The minimum Gasteiger partial charge on any atom is -0.481 e. The van der Waals surface area contributed by atoms with Crippen LogP contribution in [0.3, 0.4) is 0 Å². The summed E-state index contributed by atoms with van der Waals surface area (Å²) in [4.78, 5) is 25.1. The number of carboxylic acid groups (broad SMARTS) is 1. The number of halogens is 1. The third-order valence-corrected chi connectivity index (χ3v) is 7.49. The highest BCUT2D eigenvalue weighted by Gasteiger charge is 2.37. The van der Waals surface area contributed by atoms with Crippen LogP contribution in [0.4, 0.5) is 0 Å². The molecule has 1 aromatic heterocycles. The Bertz CT molecular complexity index is 717. The molecule has 1 aliphatic rings. The first-order chi connectivity index (χ1) is 13.3. The van der Waals surface area contributed by atoms with E-state index in [9.17, 15) is 14.7 Å². The Hall–Kier alpha value is -1.24. The molecule has 0 bridgehead atoms. The molecular formula is C22H29BrO4S. The van der Waals surface area contributed by atoms with Crippen LogP contribution in [0, 0.1) is 24.7 Å². The second-order valence-corrected chi connectivity index (χ2v) is 9.83. The number of carbonyl (C=O) groups excluding carboxylic acids is 1. The van der Waals surface area contributed by atoms with E-state index >= 15 is 0 Å². The van der Waals surface area contributed by atoms with Gasteiger partial charge in [-0.25, -0.2) is 0 Å². The third kappa shape index (κ3) is 6.98. The number of carbonyl (C=O) groups is 2. The number of hydrogen-bond donors (Lipinski definition) is 2. The van der Waals surface area contributed by atoms with Crippen molar-refractivity contribution in [2.45, 2.75) is 58.5 Å². The van der Waals surface area contributed by atoms with Gasteiger partial charge >= 0.3 is 5.97 Å². The quantitative estimate of drug-likeness (QED) is 0.276. The van der Waals surface area contributed by atoms with Gasteiger partial charge in [0.2, 0.25) is 0 Å². The molecule has 154 valence electrons.